The Morgan fingerprint density at radius 2 is 2.58 bits per heavy atom. The molecule has 0 unspecified atom stereocenters. The molecule has 66 valence electrons. The first kappa shape index (κ1) is 8.58. The first-order chi connectivity index (χ1) is 5.75. The van der Waals surface area contributed by atoms with E-state index in [9.17, 15) is 9.59 Å². The number of ether oxygens (including phenoxy) is 1. The molecule has 1 rings (SSSR count). The number of hydrogen-bond acceptors (Lipinski definition) is 3. The number of nitrogens with one attached hydrogen (secondary N) is 1. The van der Waals surface area contributed by atoms with Gasteiger partial charge in [0.05, 0.1) is 13.2 Å². The average Bonchev–Trinajstić information content (AvgIpc) is 2.05. The summed E-state index contributed by atoms with van der Waals surface area (Å²) in [6.07, 6.45) is 2.55. The Bertz CT molecular complexity index is 225. The van der Waals surface area contributed by atoms with E-state index in [4.69, 9.17) is 0 Å². The maximum Gasteiger partial charge on any atom is 0.418 e. The highest BCUT2D eigenvalue weighted by molar-refractivity contribution is 5.92. The van der Waals surface area contributed by atoms with Gasteiger partial charge < -0.3 is 10.1 Å². The van der Waals surface area contributed by atoms with Crippen molar-refractivity contribution in [3.05, 3.63) is 12.3 Å². The smallest absolute Gasteiger partial charge is 0.418 e. The van der Waals surface area contributed by atoms with Crippen molar-refractivity contribution < 1.29 is 14.3 Å². The van der Waals surface area contributed by atoms with Crippen LogP contribution in [-0.2, 0) is 4.74 Å². The molecular weight excluding hydrogens is 160 g/mol. The van der Waals surface area contributed by atoms with Crippen LogP contribution in [0.2, 0.25) is 0 Å². The SMILES string of the molecule is CCOC(=O)N1CC=CNC1=O. The summed E-state index contributed by atoms with van der Waals surface area (Å²) in [7, 11) is 0. The molecule has 1 aliphatic rings. The van der Waals surface area contributed by atoms with Gasteiger partial charge in [-0.2, -0.15) is 0 Å². The molecule has 1 aliphatic heterocycles. The van der Waals surface area contributed by atoms with E-state index in [1.807, 2.05) is 0 Å². The molecule has 0 saturated heterocycles. The molecule has 3 amide bonds. The Kier molecular flexibility index (Phi) is 2.68. The highest BCUT2D eigenvalue weighted by Crippen LogP contribution is 1.99. The van der Waals surface area contributed by atoms with E-state index >= 15 is 0 Å². The van der Waals surface area contributed by atoms with E-state index in [0.717, 1.165) is 4.90 Å². The minimum absolute atomic E-state index is 0.269. The average molecular weight is 170 g/mol. The molecule has 5 heteroatoms. The lowest BCUT2D eigenvalue weighted by Gasteiger charge is -2.20. The maximum absolute atomic E-state index is 11.0. The quantitative estimate of drug-likeness (QED) is 0.629. The van der Waals surface area contributed by atoms with E-state index in [1.54, 1.807) is 13.0 Å². The van der Waals surface area contributed by atoms with Crippen LogP contribution < -0.4 is 5.32 Å². The zero-order valence-electron chi connectivity index (χ0n) is 6.74. The van der Waals surface area contributed by atoms with Crippen molar-refractivity contribution in [2.45, 2.75) is 6.92 Å². The zero-order chi connectivity index (χ0) is 8.97. The van der Waals surface area contributed by atoms with Gasteiger partial charge in [-0.05, 0) is 13.0 Å². The van der Waals surface area contributed by atoms with Crippen molar-refractivity contribution in [3.8, 4) is 0 Å². The second-order valence-corrected chi connectivity index (χ2v) is 2.16. The van der Waals surface area contributed by atoms with Gasteiger partial charge in [0.15, 0.2) is 0 Å². The third-order valence-electron chi connectivity index (χ3n) is 1.35. The number of imide groups is 1. The summed E-state index contributed by atoms with van der Waals surface area (Å²) in [4.78, 5) is 23.0. The molecular formula is C7H10N2O3. The second kappa shape index (κ2) is 3.75. The molecule has 0 atom stereocenters. The zero-order valence-corrected chi connectivity index (χ0v) is 6.74. The molecule has 0 spiro atoms. The topological polar surface area (TPSA) is 58.6 Å². The first-order valence-corrected chi connectivity index (χ1v) is 3.65. The van der Waals surface area contributed by atoms with E-state index in [-0.39, 0.29) is 13.2 Å². The molecule has 0 aromatic carbocycles. The fraction of sp³-hybridized carbons (Fsp3) is 0.429. The Morgan fingerprint density at radius 3 is 3.17 bits per heavy atom. The minimum Gasteiger partial charge on any atom is -0.449 e. The number of carbonyl (C=O) groups is 2. The number of hydrogen-bond donors (Lipinski definition) is 1. The van der Waals surface area contributed by atoms with Gasteiger partial charge in [0.1, 0.15) is 0 Å². The maximum atomic E-state index is 11.0. The molecule has 0 fully saturated rings. The molecule has 1 heterocycles. The third-order valence-corrected chi connectivity index (χ3v) is 1.35. The summed E-state index contributed by atoms with van der Waals surface area (Å²) in [5.41, 5.74) is 0. The van der Waals surface area contributed by atoms with Crippen molar-refractivity contribution in [2.24, 2.45) is 0 Å². The molecule has 12 heavy (non-hydrogen) atoms. The summed E-state index contributed by atoms with van der Waals surface area (Å²) < 4.78 is 4.64. The molecule has 0 aliphatic carbocycles. The van der Waals surface area contributed by atoms with Crippen LogP contribution in [0.25, 0.3) is 0 Å². The molecule has 0 bridgehead atoms. The second-order valence-electron chi connectivity index (χ2n) is 2.16. The number of carbonyl (C=O) groups excluding carboxylic acids is 2. The predicted octanol–water partition coefficient (Wildman–Crippen LogP) is 0.682. The summed E-state index contributed by atoms with van der Waals surface area (Å²) in [6.45, 7) is 2.23. The van der Waals surface area contributed by atoms with Gasteiger partial charge in [-0.1, -0.05) is 0 Å². The summed E-state index contributed by atoms with van der Waals surface area (Å²) in [5.74, 6) is 0. The van der Waals surface area contributed by atoms with Gasteiger partial charge in [0.2, 0.25) is 0 Å². The van der Waals surface area contributed by atoms with Crippen LogP contribution in [0.4, 0.5) is 9.59 Å². The van der Waals surface area contributed by atoms with Crippen LogP contribution >= 0.6 is 0 Å². The van der Waals surface area contributed by atoms with Crippen LogP contribution in [-0.4, -0.2) is 30.2 Å². The summed E-state index contributed by atoms with van der Waals surface area (Å²) >= 11 is 0. The van der Waals surface area contributed by atoms with E-state index in [2.05, 4.69) is 10.1 Å². The van der Waals surface area contributed by atoms with Crippen molar-refractivity contribution >= 4 is 12.1 Å². The summed E-state index contributed by atoms with van der Waals surface area (Å²) in [5, 5.41) is 2.38. The first-order valence-electron chi connectivity index (χ1n) is 3.65. The third kappa shape index (κ3) is 1.75. The predicted molar refractivity (Wildman–Crippen MR) is 41.4 cm³/mol. The van der Waals surface area contributed by atoms with E-state index in [0.29, 0.717) is 0 Å². The van der Waals surface area contributed by atoms with Crippen LogP contribution in [0.1, 0.15) is 6.92 Å². The van der Waals surface area contributed by atoms with Crippen LogP contribution in [0.15, 0.2) is 12.3 Å². The van der Waals surface area contributed by atoms with Gasteiger partial charge >= 0.3 is 12.1 Å². The number of nitrogens with zero attached hydrogens (tertiary/aromatic N) is 1. The largest absolute Gasteiger partial charge is 0.449 e. The van der Waals surface area contributed by atoms with Gasteiger partial charge in [-0.3, -0.25) is 0 Å². The lowest BCUT2D eigenvalue weighted by atomic mass is 10.5. The lowest BCUT2D eigenvalue weighted by Crippen LogP contribution is -2.44. The fourth-order valence-electron chi connectivity index (χ4n) is 0.808. The van der Waals surface area contributed by atoms with Crippen LogP contribution in [0.5, 0.6) is 0 Å². The fourth-order valence-corrected chi connectivity index (χ4v) is 0.808. The molecule has 0 saturated carbocycles. The Hall–Kier alpha value is -1.52. The highest BCUT2D eigenvalue weighted by Gasteiger charge is 2.22. The monoisotopic (exact) mass is 170 g/mol. The summed E-state index contributed by atoms with van der Waals surface area (Å²) in [6, 6.07) is -0.448. The molecule has 1 N–H and O–H groups in total. The van der Waals surface area contributed by atoms with Gasteiger partial charge in [0, 0.05) is 6.20 Å². The van der Waals surface area contributed by atoms with Crippen molar-refractivity contribution in [2.75, 3.05) is 13.2 Å². The Balaban J connectivity index is 2.55. The Labute approximate surface area is 70.0 Å². The van der Waals surface area contributed by atoms with Crippen LogP contribution in [0.3, 0.4) is 0 Å². The van der Waals surface area contributed by atoms with Gasteiger partial charge in [0.25, 0.3) is 0 Å². The van der Waals surface area contributed by atoms with Crippen LogP contribution in [0, 0.1) is 0 Å². The number of rotatable bonds is 1. The standard InChI is InChI=1S/C7H10N2O3/c1-2-12-7(11)9-5-3-4-8-6(9)10/h3-4H,2,5H2,1H3,(H,8,10). The van der Waals surface area contributed by atoms with Gasteiger partial charge in [-0.25, -0.2) is 14.5 Å². The van der Waals surface area contributed by atoms with E-state index in [1.165, 1.54) is 6.20 Å². The lowest BCUT2D eigenvalue weighted by molar-refractivity contribution is 0.117. The van der Waals surface area contributed by atoms with Crippen molar-refractivity contribution in [1.82, 2.24) is 10.2 Å². The van der Waals surface area contributed by atoms with E-state index < -0.39 is 12.1 Å². The molecule has 0 aromatic rings. The molecule has 0 radical (unpaired) electrons. The minimum atomic E-state index is -0.612. The van der Waals surface area contributed by atoms with Crippen molar-refractivity contribution in [1.29, 1.82) is 0 Å². The Morgan fingerprint density at radius 1 is 1.83 bits per heavy atom. The van der Waals surface area contributed by atoms with Crippen molar-refractivity contribution in [3.63, 3.8) is 0 Å². The van der Waals surface area contributed by atoms with Gasteiger partial charge in [-0.15, -0.1) is 0 Å². The number of amides is 3. The molecule has 5 nitrogen and oxygen atoms in total. The number of urea groups is 1. The highest BCUT2D eigenvalue weighted by atomic mass is 16.6. The normalized spacial score (nSPS) is 15.8. The molecule has 0 aromatic heterocycles.